The van der Waals surface area contributed by atoms with E-state index < -0.39 is 24.4 Å². The third-order valence-corrected chi connectivity index (χ3v) is 4.33. The molecule has 0 saturated carbocycles. The van der Waals surface area contributed by atoms with Crippen LogP contribution in [-0.4, -0.2) is 37.6 Å². The Morgan fingerprint density at radius 2 is 1.75 bits per heavy atom. The maximum absolute atomic E-state index is 11.7. The van der Waals surface area contributed by atoms with Crippen LogP contribution in [0, 0.1) is 0 Å². The van der Waals surface area contributed by atoms with Crippen molar-refractivity contribution in [1.29, 1.82) is 0 Å². The predicted molar refractivity (Wildman–Crippen MR) is 93.9 cm³/mol. The number of carbonyl (C=O) groups is 1. The van der Waals surface area contributed by atoms with Crippen molar-refractivity contribution >= 4 is 24.4 Å². The highest BCUT2D eigenvalue weighted by Gasteiger charge is 2.52. The molecule has 1 aliphatic rings. The number of hydrogen-bond donors (Lipinski definition) is 1. The van der Waals surface area contributed by atoms with Crippen LogP contribution in [0.2, 0.25) is 0 Å². The molecule has 1 heterocycles. The Bertz CT molecular complexity index is 599. The van der Waals surface area contributed by atoms with Crippen LogP contribution in [0.5, 0.6) is 5.75 Å². The molecule has 1 aromatic rings. The van der Waals surface area contributed by atoms with Gasteiger partial charge in [0.25, 0.3) is 0 Å². The lowest BCUT2D eigenvalue weighted by Crippen LogP contribution is -2.41. The van der Waals surface area contributed by atoms with E-state index in [-0.39, 0.29) is 6.10 Å². The number of nitrogens with one attached hydrogen (secondary N) is 1. The van der Waals surface area contributed by atoms with Crippen LogP contribution in [0.3, 0.4) is 0 Å². The van der Waals surface area contributed by atoms with E-state index in [9.17, 15) is 4.79 Å². The van der Waals surface area contributed by atoms with Crippen molar-refractivity contribution in [1.82, 2.24) is 0 Å². The van der Waals surface area contributed by atoms with Gasteiger partial charge in [-0.15, -0.1) is 0 Å². The van der Waals surface area contributed by atoms with Crippen molar-refractivity contribution in [2.24, 2.45) is 0 Å². The molecule has 1 saturated heterocycles. The first kappa shape index (κ1) is 18.6. The van der Waals surface area contributed by atoms with Crippen molar-refractivity contribution in [3.8, 4) is 5.75 Å². The topological polar surface area (TPSA) is 66.0 Å². The molecule has 1 N–H and O–H groups in total. The van der Waals surface area contributed by atoms with Crippen LogP contribution in [-0.2, 0) is 14.0 Å². The first-order valence-electron chi connectivity index (χ1n) is 8.07. The Balaban J connectivity index is 2.20. The Labute approximate surface area is 143 Å². The van der Waals surface area contributed by atoms with Crippen molar-refractivity contribution in [3.63, 3.8) is 0 Å². The van der Waals surface area contributed by atoms with E-state index in [4.69, 9.17) is 18.8 Å². The molecule has 1 aromatic carbocycles. The summed E-state index contributed by atoms with van der Waals surface area (Å²) in [5.74, 6) is 0.579. The summed E-state index contributed by atoms with van der Waals surface area (Å²) < 4.78 is 22.6. The minimum atomic E-state index is -0.526. The lowest BCUT2D eigenvalue weighted by molar-refractivity contribution is 0.00578. The predicted octanol–water partition coefficient (Wildman–Crippen LogP) is 2.95. The van der Waals surface area contributed by atoms with Gasteiger partial charge >= 0.3 is 13.2 Å². The van der Waals surface area contributed by atoms with Crippen LogP contribution in [0.15, 0.2) is 18.2 Å². The van der Waals surface area contributed by atoms with Gasteiger partial charge in [0.1, 0.15) is 5.75 Å². The summed E-state index contributed by atoms with van der Waals surface area (Å²) in [6, 6.07) is 5.32. The number of benzene rings is 1. The van der Waals surface area contributed by atoms with E-state index in [0.29, 0.717) is 11.4 Å². The largest absolute Gasteiger partial charge is 0.498 e. The quantitative estimate of drug-likeness (QED) is 0.857. The summed E-state index contributed by atoms with van der Waals surface area (Å²) in [4.78, 5) is 11.7. The molecule has 0 bridgehead atoms. The lowest BCUT2D eigenvalue weighted by atomic mass is 9.78. The maximum Gasteiger partial charge on any atom is 0.498 e. The standard InChI is InChI=1S/C17H26BNO5/c1-11(2)22-15(20)19-12-8-9-13(14(10-12)21-7)18-23-16(3,4)17(5,6)24-18/h8-11H,1-7H3,(H,19,20). The summed E-state index contributed by atoms with van der Waals surface area (Å²) in [5, 5.41) is 2.68. The van der Waals surface area contributed by atoms with Gasteiger partial charge in [-0.05, 0) is 47.6 Å². The van der Waals surface area contributed by atoms with Gasteiger partial charge in [-0.1, -0.05) is 6.07 Å². The molecule has 24 heavy (non-hydrogen) atoms. The number of methoxy groups -OCH3 is 1. The van der Waals surface area contributed by atoms with Crippen molar-refractivity contribution in [2.75, 3.05) is 12.4 Å². The van der Waals surface area contributed by atoms with Gasteiger partial charge in [-0.2, -0.15) is 0 Å². The van der Waals surface area contributed by atoms with Gasteiger partial charge in [-0.25, -0.2) is 4.79 Å². The average Bonchev–Trinajstić information content (AvgIpc) is 2.66. The molecule has 7 heteroatoms. The highest BCUT2D eigenvalue weighted by atomic mass is 16.7. The SMILES string of the molecule is COc1cc(NC(=O)OC(C)C)ccc1B1OC(C)(C)C(C)(C)O1. The number of anilines is 1. The molecular formula is C17H26BNO5. The second-order valence-electron chi connectivity index (χ2n) is 7.12. The summed E-state index contributed by atoms with van der Waals surface area (Å²) in [6.45, 7) is 11.6. The number of amides is 1. The number of ether oxygens (including phenoxy) is 2. The maximum atomic E-state index is 11.7. The molecule has 132 valence electrons. The van der Waals surface area contributed by atoms with Crippen molar-refractivity contribution in [3.05, 3.63) is 18.2 Å². The minimum absolute atomic E-state index is 0.184. The van der Waals surface area contributed by atoms with Crippen LogP contribution in [0.4, 0.5) is 10.5 Å². The Kier molecular flexibility index (Phi) is 5.15. The fraction of sp³-hybridized carbons (Fsp3) is 0.588. The van der Waals surface area contributed by atoms with Gasteiger partial charge in [0.2, 0.25) is 0 Å². The normalized spacial score (nSPS) is 18.6. The first-order chi connectivity index (χ1) is 11.1. The molecular weight excluding hydrogens is 309 g/mol. The Morgan fingerprint density at radius 1 is 1.17 bits per heavy atom. The van der Waals surface area contributed by atoms with Crippen LogP contribution < -0.4 is 15.5 Å². The fourth-order valence-electron chi connectivity index (χ4n) is 2.32. The molecule has 0 aliphatic carbocycles. The zero-order chi connectivity index (χ0) is 18.1. The summed E-state index contributed by atoms with van der Waals surface area (Å²) in [7, 11) is 1.04. The molecule has 0 radical (unpaired) electrons. The lowest BCUT2D eigenvalue weighted by Gasteiger charge is -2.32. The third kappa shape index (κ3) is 3.84. The fourth-order valence-corrected chi connectivity index (χ4v) is 2.32. The van der Waals surface area contributed by atoms with Crippen molar-refractivity contribution < 1.29 is 23.6 Å². The second kappa shape index (κ2) is 6.65. The van der Waals surface area contributed by atoms with Crippen molar-refractivity contribution in [2.45, 2.75) is 58.8 Å². The first-order valence-corrected chi connectivity index (χ1v) is 8.07. The Hall–Kier alpha value is -1.73. The van der Waals surface area contributed by atoms with E-state index in [0.717, 1.165) is 5.46 Å². The van der Waals surface area contributed by atoms with E-state index in [2.05, 4.69) is 5.32 Å². The van der Waals surface area contributed by atoms with Gasteiger partial charge in [0.15, 0.2) is 0 Å². The average molecular weight is 335 g/mol. The van der Waals surface area contributed by atoms with Gasteiger partial charge in [-0.3, -0.25) is 5.32 Å². The molecule has 1 aliphatic heterocycles. The molecule has 0 spiro atoms. The summed E-state index contributed by atoms with van der Waals surface area (Å²) in [5.41, 5.74) is 0.498. The molecule has 1 fully saturated rings. The molecule has 0 atom stereocenters. The Morgan fingerprint density at radius 3 is 2.25 bits per heavy atom. The third-order valence-electron chi connectivity index (χ3n) is 4.33. The second-order valence-corrected chi connectivity index (χ2v) is 7.12. The molecule has 6 nitrogen and oxygen atoms in total. The van der Waals surface area contributed by atoms with Crippen LogP contribution >= 0.6 is 0 Å². The summed E-state index contributed by atoms with van der Waals surface area (Å²) >= 11 is 0. The number of carbonyl (C=O) groups excluding carboxylic acids is 1. The van der Waals surface area contributed by atoms with E-state index in [1.54, 1.807) is 33.1 Å². The minimum Gasteiger partial charge on any atom is -0.497 e. The van der Waals surface area contributed by atoms with Gasteiger partial charge < -0.3 is 18.8 Å². The molecule has 2 rings (SSSR count). The monoisotopic (exact) mass is 335 g/mol. The zero-order valence-corrected chi connectivity index (χ0v) is 15.4. The molecule has 1 amide bonds. The summed E-state index contributed by atoms with van der Waals surface area (Å²) in [6.07, 6.45) is -0.689. The molecule has 0 aromatic heterocycles. The zero-order valence-electron chi connectivity index (χ0n) is 15.4. The molecule has 0 unspecified atom stereocenters. The number of rotatable bonds is 4. The highest BCUT2D eigenvalue weighted by molar-refractivity contribution is 6.63. The van der Waals surface area contributed by atoms with Crippen LogP contribution in [0.1, 0.15) is 41.5 Å². The van der Waals surface area contributed by atoms with Gasteiger partial charge in [0.05, 0.1) is 24.4 Å². The van der Waals surface area contributed by atoms with E-state index in [1.807, 2.05) is 33.8 Å². The number of hydrogen-bond acceptors (Lipinski definition) is 5. The van der Waals surface area contributed by atoms with Gasteiger partial charge in [0, 0.05) is 17.2 Å². The smallest absolute Gasteiger partial charge is 0.497 e. The van der Waals surface area contributed by atoms with E-state index >= 15 is 0 Å². The van der Waals surface area contributed by atoms with Crippen LogP contribution in [0.25, 0.3) is 0 Å². The van der Waals surface area contributed by atoms with E-state index in [1.165, 1.54) is 0 Å². The highest BCUT2D eigenvalue weighted by Crippen LogP contribution is 2.37.